The fraction of sp³-hybridized carbons (Fsp3) is 0.636. The predicted molar refractivity (Wildman–Crippen MR) is 117 cm³/mol. The van der Waals surface area contributed by atoms with E-state index in [2.05, 4.69) is 43.1 Å². The first kappa shape index (κ1) is 27.7. The number of aliphatic carboxylic acids is 2. The van der Waals surface area contributed by atoms with Gasteiger partial charge in [0.05, 0.1) is 13.2 Å². The summed E-state index contributed by atoms with van der Waals surface area (Å²) in [6.45, 7) is 15.4. The molecule has 0 aliphatic carbocycles. The zero-order valence-electron chi connectivity index (χ0n) is 18.8. The molecule has 0 radical (unpaired) electrons. The Morgan fingerprint density at radius 2 is 1.63 bits per heavy atom. The normalized spacial score (nSPS) is 10.3. The number of hydrogen-bond acceptors (Lipinski definition) is 6. The third kappa shape index (κ3) is 13.0. The zero-order chi connectivity index (χ0) is 22.8. The van der Waals surface area contributed by atoms with Crippen LogP contribution in [-0.2, 0) is 16.1 Å². The van der Waals surface area contributed by atoms with Gasteiger partial charge in [0.25, 0.3) is 0 Å². The van der Waals surface area contributed by atoms with E-state index in [9.17, 15) is 0 Å². The van der Waals surface area contributed by atoms with Gasteiger partial charge in [0.2, 0.25) is 0 Å². The number of benzene rings is 1. The molecule has 0 spiro atoms. The van der Waals surface area contributed by atoms with Gasteiger partial charge in [0.1, 0.15) is 0 Å². The summed E-state index contributed by atoms with van der Waals surface area (Å²) in [4.78, 5) is 20.7. The Labute approximate surface area is 180 Å². The molecule has 0 heterocycles. The monoisotopic (exact) mass is 426 g/mol. The molecule has 1 aromatic rings. The lowest BCUT2D eigenvalue weighted by Crippen LogP contribution is -2.27. The van der Waals surface area contributed by atoms with Crippen LogP contribution in [0.3, 0.4) is 0 Å². The largest absolute Gasteiger partial charge is 0.490 e. The number of carboxylic acids is 2. The van der Waals surface area contributed by atoms with Crippen molar-refractivity contribution in [1.82, 2.24) is 10.2 Å². The van der Waals surface area contributed by atoms with E-state index in [-0.39, 0.29) is 0 Å². The Morgan fingerprint density at radius 3 is 2.17 bits per heavy atom. The Hall–Kier alpha value is -2.32. The highest BCUT2D eigenvalue weighted by atomic mass is 16.5. The fourth-order valence-electron chi connectivity index (χ4n) is 2.58. The van der Waals surface area contributed by atoms with Crippen molar-refractivity contribution in [2.75, 3.05) is 39.4 Å². The molecule has 0 amide bonds. The maximum atomic E-state index is 9.10. The molecule has 0 fully saturated rings. The Bertz CT molecular complexity index is 593. The topological polar surface area (TPSA) is 108 Å². The van der Waals surface area contributed by atoms with Gasteiger partial charge < -0.3 is 29.9 Å². The molecule has 0 atom stereocenters. The van der Waals surface area contributed by atoms with Gasteiger partial charge in [0.15, 0.2) is 11.5 Å². The summed E-state index contributed by atoms with van der Waals surface area (Å²) in [6.07, 6.45) is 3.39. The van der Waals surface area contributed by atoms with Crippen molar-refractivity contribution in [2.24, 2.45) is 0 Å². The van der Waals surface area contributed by atoms with Crippen molar-refractivity contribution in [3.05, 3.63) is 23.8 Å². The van der Waals surface area contributed by atoms with Gasteiger partial charge in [-0.3, -0.25) is 0 Å². The molecule has 0 aliphatic rings. The minimum Gasteiger partial charge on any atom is -0.490 e. The van der Waals surface area contributed by atoms with Crippen molar-refractivity contribution < 1.29 is 29.3 Å². The summed E-state index contributed by atoms with van der Waals surface area (Å²) in [6, 6.07) is 6.26. The van der Waals surface area contributed by atoms with Gasteiger partial charge in [-0.15, -0.1) is 0 Å². The highest BCUT2D eigenvalue weighted by Gasteiger charge is 2.07. The minimum atomic E-state index is -1.82. The van der Waals surface area contributed by atoms with Gasteiger partial charge in [-0.1, -0.05) is 33.3 Å². The second-order valence-electron chi connectivity index (χ2n) is 6.58. The van der Waals surface area contributed by atoms with Crippen LogP contribution in [0.25, 0.3) is 0 Å². The van der Waals surface area contributed by atoms with Crippen LogP contribution in [0.1, 0.15) is 52.5 Å². The molecule has 8 heteroatoms. The first-order valence-electron chi connectivity index (χ1n) is 10.7. The van der Waals surface area contributed by atoms with Crippen molar-refractivity contribution in [3.8, 4) is 11.5 Å². The molecule has 0 bridgehead atoms. The molecule has 0 aromatic heterocycles. The summed E-state index contributed by atoms with van der Waals surface area (Å²) >= 11 is 0. The SMILES string of the molecule is CCCCOc1ccc(CNCCCN(CC)CC)cc1OCC.O=C(O)C(=O)O. The van der Waals surface area contributed by atoms with Crippen molar-refractivity contribution in [1.29, 1.82) is 0 Å². The van der Waals surface area contributed by atoms with Crippen LogP contribution >= 0.6 is 0 Å². The van der Waals surface area contributed by atoms with Crippen LogP contribution in [0.15, 0.2) is 18.2 Å². The zero-order valence-corrected chi connectivity index (χ0v) is 18.8. The lowest BCUT2D eigenvalue weighted by Gasteiger charge is -2.18. The molecule has 0 unspecified atom stereocenters. The molecule has 3 N–H and O–H groups in total. The van der Waals surface area contributed by atoms with Crippen LogP contribution in [-0.4, -0.2) is 66.4 Å². The first-order valence-corrected chi connectivity index (χ1v) is 10.7. The molecule has 0 saturated heterocycles. The molecule has 8 nitrogen and oxygen atoms in total. The number of unbranched alkanes of at least 4 members (excludes halogenated alkanes) is 1. The molecule has 1 rings (SSSR count). The summed E-state index contributed by atoms with van der Waals surface area (Å²) in [5.74, 6) is -1.93. The van der Waals surface area contributed by atoms with E-state index in [1.54, 1.807) is 0 Å². The van der Waals surface area contributed by atoms with Gasteiger partial charge in [-0.25, -0.2) is 9.59 Å². The minimum absolute atomic E-state index is 0.658. The lowest BCUT2D eigenvalue weighted by atomic mass is 10.2. The third-order valence-electron chi connectivity index (χ3n) is 4.30. The van der Waals surface area contributed by atoms with Gasteiger partial charge in [-0.2, -0.15) is 0 Å². The maximum Gasteiger partial charge on any atom is 0.414 e. The van der Waals surface area contributed by atoms with E-state index in [4.69, 9.17) is 29.3 Å². The molecule has 30 heavy (non-hydrogen) atoms. The number of ether oxygens (including phenoxy) is 2. The number of nitrogens with one attached hydrogen (secondary N) is 1. The lowest BCUT2D eigenvalue weighted by molar-refractivity contribution is -0.159. The van der Waals surface area contributed by atoms with E-state index in [0.29, 0.717) is 6.61 Å². The third-order valence-corrected chi connectivity index (χ3v) is 4.30. The Morgan fingerprint density at radius 1 is 0.967 bits per heavy atom. The van der Waals surface area contributed by atoms with E-state index in [0.717, 1.165) is 63.7 Å². The quantitative estimate of drug-likeness (QED) is 0.307. The van der Waals surface area contributed by atoms with E-state index < -0.39 is 11.9 Å². The number of carbonyl (C=O) groups is 2. The van der Waals surface area contributed by atoms with Gasteiger partial charge in [0, 0.05) is 6.54 Å². The Balaban J connectivity index is 0.00000122. The highest BCUT2D eigenvalue weighted by molar-refractivity contribution is 6.27. The van der Waals surface area contributed by atoms with Crippen molar-refractivity contribution >= 4 is 11.9 Å². The molecule has 1 aromatic carbocycles. The number of carboxylic acid groups (broad SMARTS) is 2. The smallest absolute Gasteiger partial charge is 0.414 e. The highest BCUT2D eigenvalue weighted by Crippen LogP contribution is 2.28. The standard InChI is InChI=1S/C20H36N2O2.C2H2O4/c1-5-9-15-24-19-12-11-18(16-20(19)23-8-4)17-21-13-10-14-22(6-2)7-3;3-1(4)2(5)6/h11-12,16,21H,5-10,13-15,17H2,1-4H3;(H,3,4)(H,5,6). The van der Waals surface area contributed by atoms with Crippen molar-refractivity contribution in [3.63, 3.8) is 0 Å². The molecular formula is C22H38N2O6. The van der Waals surface area contributed by atoms with Crippen LogP contribution in [0, 0.1) is 0 Å². The van der Waals surface area contributed by atoms with Crippen LogP contribution in [0.2, 0.25) is 0 Å². The number of hydrogen-bond donors (Lipinski definition) is 3. The second kappa shape index (κ2) is 17.5. The first-order chi connectivity index (χ1) is 14.4. The molecular weight excluding hydrogens is 388 g/mol. The van der Waals surface area contributed by atoms with Gasteiger partial charge in [-0.05, 0) is 63.6 Å². The number of rotatable bonds is 14. The van der Waals surface area contributed by atoms with E-state index >= 15 is 0 Å². The molecule has 0 saturated carbocycles. The number of nitrogens with zero attached hydrogens (tertiary/aromatic N) is 1. The molecule has 172 valence electrons. The van der Waals surface area contributed by atoms with Gasteiger partial charge >= 0.3 is 11.9 Å². The Kier molecular flexibility index (Phi) is 16.2. The van der Waals surface area contributed by atoms with Crippen LogP contribution < -0.4 is 14.8 Å². The average Bonchev–Trinajstić information content (AvgIpc) is 2.73. The summed E-state index contributed by atoms with van der Waals surface area (Å²) < 4.78 is 11.6. The second-order valence-corrected chi connectivity index (χ2v) is 6.58. The maximum absolute atomic E-state index is 9.10. The predicted octanol–water partition coefficient (Wildman–Crippen LogP) is 3.24. The summed E-state index contributed by atoms with van der Waals surface area (Å²) in [5.41, 5.74) is 1.24. The van der Waals surface area contributed by atoms with Crippen LogP contribution in [0.5, 0.6) is 11.5 Å². The average molecular weight is 427 g/mol. The fourth-order valence-corrected chi connectivity index (χ4v) is 2.58. The van der Waals surface area contributed by atoms with Crippen LogP contribution in [0.4, 0.5) is 0 Å². The van der Waals surface area contributed by atoms with E-state index in [1.807, 2.05) is 13.0 Å². The summed E-state index contributed by atoms with van der Waals surface area (Å²) in [5, 5.41) is 18.3. The summed E-state index contributed by atoms with van der Waals surface area (Å²) in [7, 11) is 0. The van der Waals surface area contributed by atoms with Crippen molar-refractivity contribution in [2.45, 2.75) is 53.5 Å². The molecule has 0 aliphatic heterocycles. The van der Waals surface area contributed by atoms with E-state index in [1.165, 1.54) is 12.0 Å².